The number of ether oxygens (including phenoxy) is 2. The molecule has 0 amide bonds. The molecule has 0 aliphatic heterocycles. The van der Waals surface area contributed by atoms with Crippen LogP contribution in [0.25, 0.3) is 10.9 Å². The van der Waals surface area contributed by atoms with E-state index in [0.29, 0.717) is 24.5 Å². The Balaban J connectivity index is 2.29. The molecule has 0 unspecified atom stereocenters. The van der Waals surface area contributed by atoms with Gasteiger partial charge in [-0.3, -0.25) is 9.59 Å². The summed E-state index contributed by atoms with van der Waals surface area (Å²) < 4.78 is 10.0. The molecule has 124 valence electrons. The Bertz CT molecular complexity index is 704. The summed E-state index contributed by atoms with van der Waals surface area (Å²) >= 11 is 0. The number of methoxy groups -OCH3 is 1. The van der Waals surface area contributed by atoms with Gasteiger partial charge in [-0.25, -0.2) is 0 Å². The number of nitrogens with one attached hydrogen (secondary N) is 1. The predicted octanol–water partition coefficient (Wildman–Crippen LogP) is 2.24. The minimum Gasteiger partial charge on any atom is -0.497 e. The number of benzene rings is 1. The fraction of sp³-hybridized carbons (Fsp3) is 0.412. The number of ketones is 1. The van der Waals surface area contributed by atoms with E-state index in [1.54, 1.807) is 20.1 Å². The molecule has 2 aromatic rings. The van der Waals surface area contributed by atoms with Gasteiger partial charge in [-0.2, -0.15) is 0 Å². The number of hydrogen-bond acceptors (Lipinski definition) is 5. The molecule has 0 saturated heterocycles. The normalized spacial score (nSPS) is 10.7. The van der Waals surface area contributed by atoms with Crippen molar-refractivity contribution in [2.45, 2.75) is 26.2 Å². The van der Waals surface area contributed by atoms with Gasteiger partial charge in [-0.1, -0.05) is 0 Å². The Morgan fingerprint density at radius 1 is 1.26 bits per heavy atom. The molecule has 2 N–H and O–H groups in total. The second kappa shape index (κ2) is 7.78. The number of aromatic nitrogens is 1. The second-order valence-electron chi connectivity index (χ2n) is 5.09. The summed E-state index contributed by atoms with van der Waals surface area (Å²) in [5.41, 5.74) is 1.98. The third-order valence-corrected chi connectivity index (χ3v) is 3.62. The molecule has 23 heavy (non-hydrogen) atoms. The molecular formula is C17H21NO5. The lowest BCUT2D eigenvalue weighted by atomic mass is 10.0. The topological polar surface area (TPSA) is 88.6 Å². The Morgan fingerprint density at radius 2 is 2.04 bits per heavy atom. The zero-order chi connectivity index (χ0) is 16.8. The van der Waals surface area contributed by atoms with Crippen molar-refractivity contribution in [2.24, 2.45) is 0 Å². The fourth-order valence-electron chi connectivity index (χ4n) is 2.54. The highest BCUT2D eigenvalue weighted by Gasteiger charge is 2.19. The zero-order valence-corrected chi connectivity index (χ0v) is 13.3. The summed E-state index contributed by atoms with van der Waals surface area (Å²) in [4.78, 5) is 26.9. The maximum Gasteiger partial charge on any atom is 0.306 e. The van der Waals surface area contributed by atoms with Crippen LogP contribution in [0.4, 0.5) is 0 Å². The highest BCUT2D eigenvalue weighted by Crippen LogP contribution is 2.28. The monoisotopic (exact) mass is 319 g/mol. The van der Waals surface area contributed by atoms with Crippen LogP contribution < -0.4 is 4.74 Å². The first-order valence-electron chi connectivity index (χ1n) is 7.59. The molecule has 1 aromatic carbocycles. The highest BCUT2D eigenvalue weighted by atomic mass is 16.5. The summed E-state index contributed by atoms with van der Waals surface area (Å²) in [5, 5.41) is 10.1. The lowest BCUT2D eigenvalue weighted by Gasteiger charge is -2.04. The Morgan fingerprint density at radius 3 is 2.70 bits per heavy atom. The van der Waals surface area contributed by atoms with Gasteiger partial charge in [0.05, 0.1) is 25.8 Å². The Hall–Kier alpha value is -2.34. The van der Waals surface area contributed by atoms with Crippen LogP contribution in [0, 0.1) is 0 Å². The summed E-state index contributed by atoms with van der Waals surface area (Å²) in [6.07, 6.45) is 0.471. The molecule has 0 saturated carbocycles. The van der Waals surface area contributed by atoms with Gasteiger partial charge in [-0.15, -0.1) is 0 Å². The van der Waals surface area contributed by atoms with E-state index in [-0.39, 0.29) is 31.2 Å². The van der Waals surface area contributed by atoms with Gasteiger partial charge < -0.3 is 19.6 Å². The largest absolute Gasteiger partial charge is 0.497 e. The van der Waals surface area contributed by atoms with Crippen LogP contribution in [0.5, 0.6) is 5.75 Å². The zero-order valence-electron chi connectivity index (χ0n) is 13.3. The lowest BCUT2D eigenvalue weighted by molar-refractivity contribution is -0.143. The molecular weight excluding hydrogens is 298 g/mol. The molecule has 0 atom stereocenters. The first-order chi connectivity index (χ1) is 11.1. The van der Waals surface area contributed by atoms with E-state index < -0.39 is 0 Å². The van der Waals surface area contributed by atoms with E-state index in [2.05, 4.69) is 4.98 Å². The van der Waals surface area contributed by atoms with Crippen molar-refractivity contribution in [1.29, 1.82) is 0 Å². The molecule has 0 radical (unpaired) electrons. The summed E-state index contributed by atoms with van der Waals surface area (Å²) in [6.45, 7) is 1.96. The first kappa shape index (κ1) is 17.0. The van der Waals surface area contributed by atoms with Crippen LogP contribution >= 0.6 is 0 Å². The van der Waals surface area contributed by atoms with Gasteiger partial charge in [0.2, 0.25) is 0 Å². The molecule has 0 fully saturated rings. The number of fused-ring (bicyclic) bond motifs is 1. The molecule has 1 heterocycles. The number of carbonyl (C=O) groups excluding carboxylic acids is 2. The lowest BCUT2D eigenvalue weighted by Crippen LogP contribution is -2.10. The molecule has 6 heteroatoms. The number of esters is 1. The van der Waals surface area contributed by atoms with E-state index >= 15 is 0 Å². The molecule has 6 nitrogen and oxygen atoms in total. The maximum atomic E-state index is 12.4. The van der Waals surface area contributed by atoms with Crippen molar-refractivity contribution in [1.82, 2.24) is 4.98 Å². The minimum atomic E-state index is -0.387. The fourth-order valence-corrected chi connectivity index (χ4v) is 2.54. The van der Waals surface area contributed by atoms with Gasteiger partial charge in [0.1, 0.15) is 5.75 Å². The van der Waals surface area contributed by atoms with Crippen LogP contribution in [-0.4, -0.2) is 42.2 Å². The van der Waals surface area contributed by atoms with E-state index in [4.69, 9.17) is 9.47 Å². The molecule has 0 aliphatic carbocycles. The van der Waals surface area contributed by atoms with Gasteiger partial charge in [-0.05, 0) is 37.1 Å². The van der Waals surface area contributed by atoms with Crippen LogP contribution in [-0.2, 0) is 16.0 Å². The van der Waals surface area contributed by atoms with Crippen molar-refractivity contribution in [3.05, 3.63) is 29.5 Å². The van der Waals surface area contributed by atoms with Crippen molar-refractivity contribution < 1.29 is 24.2 Å². The quantitative estimate of drug-likeness (QED) is 0.575. The van der Waals surface area contributed by atoms with Crippen LogP contribution in [0.1, 0.15) is 35.8 Å². The summed E-state index contributed by atoms with van der Waals surface area (Å²) in [6, 6.07) is 5.46. The number of H-pyrrole nitrogens is 1. The van der Waals surface area contributed by atoms with E-state index in [9.17, 15) is 14.7 Å². The van der Waals surface area contributed by atoms with E-state index in [0.717, 1.165) is 16.5 Å². The third-order valence-electron chi connectivity index (χ3n) is 3.62. The predicted molar refractivity (Wildman–Crippen MR) is 85.8 cm³/mol. The molecule has 1 aromatic heterocycles. The smallest absolute Gasteiger partial charge is 0.306 e. The van der Waals surface area contributed by atoms with E-state index in [1.165, 1.54) is 0 Å². The number of aliphatic hydroxyl groups is 1. The number of rotatable bonds is 8. The average molecular weight is 319 g/mol. The van der Waals surface area contributed by atoms with Crippen molar-refractivity contribution >= 4 is 22.7 Å². The number of hydrogen-bond donors (Lipinski definition) is 2. The maximum absolute atomic E-state index is 12.4. The summed E-state index contributed by atoms with van der Waals surface area (Å²) in [7, 11) is 1.57. The number of aliphatic hydroxyl groups excluding tert-OH is 1. The molecule has 0 spiro atoms. The van der Waals surface area contributed by atoms with Crippen molar-refractivity contribution in [3.8, 4) is 5.75 Å². The van der Waals surface area contributed by atoms with Crippen LogP contribution in [0.3, 0.4) is 0 Å². The Kier molecular flexibility index (Phi) is 5.76. The SMILES string of the molecule is CCOC(=O)CCC(=O)c1[nH]c2ccc(OC)cc2c1CCO. The standard InChI is InChI=1S/C17H21NO5/c1-3-23-16(21)7-6-15(20)17-12(8-9-19)13-10-11(22-2)4-5-14(13)18-17/h4-5,10,18-19H,3,6-9H2,1-2H3. The first-order valence-corrected chi connectivity index (χ1v) is 7.59. The van der Waals surface area contributed by atoms with Crippen LogP contribution in [0.15, 0.2) is 18.2 Å². The highest BCUT2D eigenvalue weighted by molar-refractivity contribution is 6.03. The molecule has 0 aliphatic rings. The van der Waals surface area contributed by atoms with Gasteiger partial charge in [0.25, 0.3) is 0 Å². The van der Waals surface area contributed by atoms with Crippen molar-refractivity contribution in [3.63, 3.8) is 0 Å². The van der Waals surface area contributed by atoms with Gasteiger partial charge in [0.15, 0.2) is 5.78 Å². The number of aromatic amines is 1. The van der Waals surface area contributed by atoms with Crippen molar-refractivity contribution in [2.75, 3.05) is 20.3 Å². The van der Waals surface area contributed by atoms with Gasteiger partial charge >= 0.3 is 5.97 Å². The number of Topliss-reactive ketones (excluding diaryl/α,β-unsaturated/α-hetero) is 1. The minimum absolute atomic E-state index is 0.0456. The second-order valence-corrected chi connectivity index (χ2v) is 5.09. The average Bonchev–Trinajstić information content (AvgIpc) is 2.91. The molecule has 0 bridgehead atoms. The Labute approximate surface area is 134 Å². The number of carbonyl (C=O) groups is 2. The van der Waals surface area contributed by atoms with E-state index in [1.807, 2.05) is 12.1 Å². The summed E-state index contributed by atoms with van der Waals surface area (Å²) in [5.74, 6) is 0.125. The molecule has 2 rings (SSSR count). The van der Waals surface area contributed by atoms with Gasteiger partial charge in [0, 0.05) is 23.9 Å². The van der Waals surface area contributed by atoms with Crippen LogP contribution in [0.2, 0.25) is 0 Å². The third kappa shape index (κ3) is 3.90.